The molecule has 152 valence electrons. The molecule has 0 saturated carbocycles. The van der Waals surface area contributed by atoms with Crippen LogP contribution in [-0.4, -0.2) is 96.9 Å². The summed E-state index contributed by atoms with van der Waals surface area (Å²) in [6.45, 7) is 4.55. The van der Waals surface area contributed by atoms with Gasteiger partial charge in [-0.05, 0) is 0 Å². The summed E-state index contributed by atoms with van der Waals surface area (Å²) in [7, 11) is -2.50. The standard InChI is InChI=1S/C13H27B3O9P2/c1-6-10-7(23-13(6)16-15)4-20-27(3,19)25-11-8(22-12(14)9(11)17)5-21-26(2,18)24-10/h6-13,16-17H,4-5,14-15H2,1-3H3/t6?,7-,8-,9?,10-,11+,12-,13-,26?,27?/m1/s1. The molecular formula is C13H27B3O9P2. The Kier molecular flexibility index (Phi) is 6.74. The molecule has 0 radical (unpaired) electrons. The van der Waals surface area contributed by atoms with Gasteiger partial charge in [0.1, 0.15) is 39.4 Å². The van der Waals surface area contributed by atoms with Crippen molar-refractivity contribution in [2.45, 2.75) is 49.5 Å². The molecule has 14 heteroatoms. The molecule has 0 aromatic heterocycles. The molecule has 3 rings (SSSR count). The van der Waals surface area contributed by atoms with Crippen molar-refractivity contribution in [3.63, 3.8) is 0 Å². The first kappa shape index (κ1) is 22.1. The number of ether oxygens (including phenoxy) is 2. The molecule has 0 amide bonds. The summed E-state index contributed by atoms with van der Waals surface area (Å²) < 4.78 is 59.8. The zero-order chi connectivity index (χ0) is 20.0. The highest BCUT2D eigenvalue weighted by molar-refractivity contribution is 7.53. The number of aliphatic hydroxyl groups is 1. The highest BCUT2D eigenvalue weighted by atomic mass is 31.2. The average molecular weight is 422 g/mol. The zero-order valence-corrected chi connectivity index (χ0v) is 18.1. The van der Waals surface area contributed by atoms with E-state index in [1.807, 2.05) is 14.7 Å². The average Bonchev–Trinajstić information content (AvgIpc) is 3.02. The van der Waals surface area contributed by atoms with E-state index >= 15 is 0 Å². The van der Waals surface area contributed by atoms with Crippen LogP contribution in [0.2, 0.25) is 0 Å². The third-order valence-electron chi connectivity index (χ3n) is 5.37. The Bertz CT molecular complexity index is 640. The van der Waals surface area contributed by atoms with Crippen molar-refractivity contribution in [2.75, 3.05) is 26.5 Å². The summed E-state index contributed by atoms with van der Waals surface area (Å²) in [5, 5.41) is 10.3. The van der Waals surface area contributed by atoms with Gasteiger partial charge < -0.3 is 28.2 Å². The third kappa shape index (κ3) is 4.93. The predicted octanol–water partition coefficient (Wildman–Crippen LogP) is -1.49. The van der Waals surface area contributed by atoms with Gasteiger partial charge in [-0.2, -0.15) is 0 Å². The second-order valence-corrected chi connectivity index (χ2v) is 11.6. The van der Waals surface area contributed by atoms with Crippen molar-refractivity contribution in [1.29, 1.82) is 0 Å². The minimum Gasteiger partial charge on any atom is -0.388 e. The molecule has 9 nitrogen and oxygen atoms in total. The second kappa shape index (κ2) is 8.25. The Morgan fingerprint density at radius 1 is 1.00 bits per heavy atom. The van der Waals surface area contributed by atoms with Crippen molar-refractivity contribution in [1.82, 2.24) is 0 Å². The summed E-state index contributed by atoms with van der Waals surface area (Å²) in [5.74, 6) is -0.0297. The van der Waals surface area contributed by atoms with Crippen LogP contribution in [0.25, 0.3) is 0 Å². The number of hydrogen-bond acceptors (Lipinski definition) is 9. The van der Waals surface area contributed by atoms with Crippen LogP contribution in [0.4, 0.5) is 0 Å². The zero-order valence-electron chi connectivity index (χ0n) is 16.3. The SMILES string of the molecule is BB[C@@H]1O[C@@H]2COP(C)(=O)O[C@@H]3C(O)[C@H](B)O[C@@H]3COP(C)(=O)O[C@@H]2C1C. The number of hydrogen-bond donors (Lipinski definition) is 1. The maximum atomic E-state index is 12.9. The number of aliphatic hydroxyl groups excluding tert-OH is 1. The van der Waals surface area contributed by atoms with Gasteiger partial charge in [-0.25, -0.2) is 0 Å². The van der Waals surface area contributed by atoms with E-state index in [4.69, 9.17) is 27.6 Å². The molecule has 27 heavy (non-hydrogen) atoms. The summed E-state index contributed by atoms with van der Waals surface area (Å²) in [4.78, 5) is 0. The van der Waals surface area contributed by atoms with Crippen molar-refractivity contribution < 1.29 is 41.8 Å². The first-order valence-corrected chi connectivity index (χ1v) is 13.3. The van der Waals surface area contributed by atoms with Gasteiger partial charge in [-0.1, -0.05) is 6.92 Å². The van der Waals surface area contributed by atoms with Gasteiger partial charge in [0.25, 0.3) is 0 Å². The minimum absolute atomic E-state index is 0.0297. The van der Waals surface area contributed by atoms with E-state index in [1.165, 1.54) is 13.3 Å². The topological polar surface area (TPSA) is 110 Å². The van der Waals surface area contributed by atoms with Crippen molar-refractivity contribution >= 4 is 37.9 Å². The Balaban J connectivity index is 1.85. The van der Waals surface area contributed by atoms with Crippen LogP contribution in [0.1, 0.15) is 6.92 Å². The lowest BCUT2D eigenvalue weighted by Crippen LogP contribution is -2.38. The van der Waals surface area contributed by atoms with Gasteiger partial charge in [0.05, 0.1) is 33.1 Å². The summed E-state index contributed by atoms with van der Waals surface area (Å²) in [5.41, 5.74) is 0. The van der Waals surface area contributed by atoms with E-state index in [2.05, 4.69) is 0 Å². The normalized spacial score (nSPS) is 54.4. The molecule has 3 aliphatic rings. The smallest absolute Gasteiger partial charge is 0.328 e. The van der Waals surface area contributed by atoms with Crippen LogP contribution >= 0.6 is 15.2 Å². The lowest BCUT2D eigenvalue weighted by Gasteiger charge is -2.30. The Labute approximate surface area is 162 Å². The lowest BCUT2D eigenvalue weighted by molar-refractivity contribution is -0.0293. The minimum atomic E-state index is -3.50. The quantitative estimate of drug-likeness (QED) is 0.400. The van der Waals surface area contributed by atoms with Crippen LogP contribution in [0.15, 0.2) is 0 Å². The van der Waals surface area contributed by atoms with Gasteiger partial charge >= 0.3 is 15.2 Å². The van der Waals surface area contributed by atoms with Gasteiger partial charge in [0.15, 0.2) is 0 Å². The van der Waals surface area contributed by atoms with E-state index in [0.717, 1.165) is 7.17 Å². The maximum Gasteiger partial charge on any atom is 0.328 e. The fourth-order valence-electron chi connectivity index (χ4n) is 3.85. The highest BCUT2D eigenvalue weighted by Gasteiger charge is 2.49. The molecule has 3 heterocycles. The highest BCUT2D eigenvalue weighted by Crippen LogP contribution is 2.53. The molecule has 0 aliphatic carbocycles. The number of fused-ring (bicyclic) bond motifs is 2. The van der Waals surface area contributed by atoms with E-state index in [9.17, 15) is 14.2 Å². The van der Waals surface area contributed by atoms with Crippen LogP contribution in [0.5, 0.6) is 0 Å². The molecule has 3 saturated heterocycles. The molecule has 3 aliphatic heterocycles. The van der Waals surface area contributed by atoms with E-state index < -0.39 is 51.7 Å². The fraction of sp³-hybridized carbons (Fsp3) is 1.00. The van der Waals surface area contributed by atoms with Gasteiger partial charge in [0, 0.05) is 25.3 Å². The molecule has 0 aromatic carbocycles. The van der Waals surface area contributed by atoms with Crippen LogP contribution in [0, 0.1) is 5.92 Å². The molecule has 0 bridgehead atoms. The monoisotopic (exact) mass is 422 g/mol. The summed E-state index contributed by atoms with van der Waals surface area (Å²) in [6.07, 6.45) is -3.72. The van der Waals surface area contributed by atoms with Crippen molar-refractivity contribution in [3.05, 3.63) is 0 Å². The van der Waals surface area contributed by atoms with Crippen LogP contribution in [0.3, 0.4) is 0 Å². The molecule has 4 unspecified atom stereocenters. The molecule has 0 spiro atoms. The second-order valence-electron chi connectivity index (χ2n) is 7.62. The van der Waals surface area contributed by atoms with Gasteiger partial charge in [-0.3, -0.25) is 13.7 Å². The van der Waals surface area contributed by atoms with E-state index in [0.29, 0.717) is 0 Å². The van der Waals surface area contributed by atoms with Gasteiger partial charge in [-0.15, -0.1) is 0 Å². The largest absolute Gasteiger partial charge is 0.388 e. The Morgan fingerprint density at radius 3 is 2.07 bits per heavy atom. The molecular weight excluding hydrogens is 395 g/mol. The summed E-state index contributed by atoms with van der Waals surface area (Å²) >= 11 is 0. The predicted molar refractivity (Wildman–Crippen MR) is 105 cm³/mol. The summed E-state index contributed by atoms with van der Waals surface area (Å²) in [6, 6.07) is -0.629. The maximum absolute atomic E-state index is 12.9. The molecule has 3 fully saturated rings. The third-order valence-corrected chi connectivity index (χ3v) is 7.86. The Hall–Kier alpha value is 0.375. The first-order chi connectivity index (χ1) is 12.5. The lowest BCUT2D eigenvalue weighted by atomic mass is 9.49. The van der Waals surface area contributed by atoms with Crippen molar-refractivity contribution in [2.24, 2.45) is 5.92 Å². The fourth-order valence-corrected chi connectivity index (χ4v) is 6.28. The number of rotatable bonds is 1. The van der Waals surface area contributed by atoms with Crippen molar-refractivity contribution in [3.8, 4) is 0 Å². The van der Waals surface area contributed by atoms with Crippen LogP contribution < -0.4 is 0 Å². The molecule has 0 aromatic rings. The van der Waals surface area contributed by atoms with E-state index in [1.54, 1.807) is 7.85 Å². The molecule has 10 atom stereocenters. The first-order valence-electron chi connectivity index (χ1n) is 9.33. The van der Waals surface area contributed by atoms with Gasteiger partial charge in [0.2, 0.25) is 0 Å². The molecule has 1 N–H and O–H groups in total. The van der Waals surface area contributed by atoms with Crippen LogP contribution in [-0.2, 0) is 36.7 Å². The Morgan fingerprint density at radius 2 is 1.52 bits per heavy atom. The van der Waals surface area contributed by atoms with E-state index in [-0.39, 0.29) is 25.1 Å².